The van der Waals surface area contributed by atoms with Crippen LogP contribution in [0.1, 0.15) is 0 Å². The van der Waals surface area contributed by atoms with E-state index in [2.05, 4.69) is 16.0 Å². The summed E-state index contributed by atoms with van der Waals surface area (Å²) in [5.74, 6) is 0.956. The van der Waals surface area contributed by atoms with Crippen molar-refractivity contribution in [3.8, 4) is 0 Å². The zero-order chi connectivity index (χ0) is 6.10. The summed E-state index contributed by atoms with van der Waals surface area (Å²) in [5, 5.41) is 3.98. The molecule has 0 fully saturated rings. The Morgan fingerprint density at radius 2 is 2.56 bits per heavy atom. The molecular weight excluding hydrogens is 116 g/mol. The lowest BCUT2D eigenvalue weighted by Crippen LogP contribution is -2.20. The summed E-state index contributed by atoms with van der Waals surface area (Å²) >= 11 is 0. The van der Waals surface area contributed by atoms with Gasteiger partial charge in [0, 0.05) is 18.5 Å². The van der Waals surface area contributed by atoms with Crippen molar-refractivity contribution in [2.45, 2.75) is 0 Å². The maximum atomic E-state index is 3.98. The van der Waals surface area contributed by atoms with E-state index < -0.39 is 0 Å². The predicted octanol–water partition coefficient (Wildman–Crippen LogP) is 0.241. The van der Waals surface area contributed by atoms with E-state index in [9.17, 15) is 0 Å². The van der Waals surface area contributed by atoms with Crippen LogP contribution in [0, 0.1) is 0 Å². The minimum absolute atomic E-state index is 0.956. The molecule has 1 aliphatic rings. The van der Waals surface area contributed by atoms with Crippen molar-refractivity contribution in [2.24, 2.45) is 0 Å². The van der Waals surface area contributed by atoms with E-state index in [1.54, 1.807) is 17.1 Å². The number of rotatable bonds is 0. The second-order valence-corrected chi connectivity index (χ2v) is 1.75. The third-order valence-electron chi connectivity index (χ3n) is 1.17. The molecule has 0 aliphatic carbocycles. The highest BCUT2D eigenvalue weighted by Gasteiger charge is 1.98. The fourth-order valence-electron chi connectivity index (χ4n) is 0.756. The molecule has 0 unspecified atom stereocenters. The van der Waals surface area contributed by atoms with Crippen LogP contribution >= 0.6 is 0 Å². The van der Waals surface area contributed by atoms with Gasteiger partial charge < -0.3 is 5.43 Å². The molecule has 1 aliphatic heterocycles. The first kappa shape index (κ1) is 4.43. The normalized spacial score (nSPS) is 13.8. The van der Waals surface area contributed by atoms with Gasteiger partial charge in [-0.1, -0.05) is 0 Å². The molecule has 1 aromatic heterocycles. The molecule has 0 saturated carbocycles. The third kappa shape index (κ3) is 0.561. The minimum atomic E-state index is 0.956. The molecule has 2 N–H and O–H groups in total. The van der Waals surface area contributed by atoms with Crippen LogP contribution in [-0.2, 0) is 0 Å². The summed E-state index contributed by atoms with van der Waals surface area (Å²) in [5.41, 5.74) is 5.74. The third-order valence-corrected chi connectivity index (χ3v) is 1.17. The molecule has 0 aromatic carbocycles. The van der Waals surface area contributed by atoms with Gasteiger partial charge in [-0.15, -0.1) is 0 Å². The Bertz CT molecular complexity index is 237. The summed E-state index contributed by atoms with van der Waals surface area (Å²) in [6, 6.07) is 1.89. The maximum absolute atomic E-state index is 3.98. The molecule has 0 bridgehead atoms. The molecule has 1 aromatic rings. The second-order valence-electron chi connectivity index (χ2n) is 1.75. The van der Waals surface area contributed by atoms with Crippen molar-refractivity contribution in [1.82, 2.24) is 15.2 Å². The lowest BCUT2D eigenvalue weighted by Gasteiger charge is -2.09. The Balaban J connectivity index is 2.53. The highest BCUT2D eigenvalue weighted by molar-refractivity contribution is 5.44. The average molecular weight is 122 g/mol. The average Bonchev–Trinajstić information content (AvgIpc) is 2.33. The standard InChI is InChI=1S/C5H6N4/c1-2-7-9-4-3-6-8-5(1)9/h1-4,6,8H. The molecule has 4 heteroatoms. The van der Waals surface area contributed by atoms with Gasteiger partial charge in [-0.3, -0.25) is 5.43 Å². The largest absolute Gasteiger partial charge is 0.305 e. The molecule has 0 saturated heterocycles. The Hall–Kier alpha value is -1.45. The van der Waals surface area contributed by atoms with E-state index in [0.717, 1.165) is 5.82 Å². The van der Waals surface area contributed by atoms with Crippen molar-refractivity contribution in [1.29, 1.82) is 0 Å². The zero-order valence-electron chi connectivity index (χ0n) is 4.70. The molecule has 2 heterocycles. The smallest absolute Gasteiger partial charge is 0.147 e. The highest BCUT2D eigenvalue weighted by atomic mass is 15.5. The van der Waals surface area contributed by atoms with Crippen molar-refractivity contribution < 1.29 is 0 Å². The van der Waals surface area contributed by atoms with Crippen LogP contribution in [0.2, 0.25) is 0 Å². The molecule has 0 amide bonds. The van der Waals surface area contributed by atoms with Crippen LogP contribution in [-0.4, -0.2) is 9.78 Å². The summed E-state index contributed by atoms with van der Waals surface area (Å²) in [7, 11) is 0. The van der Waals surface area contributed by atoms with Gasteiger partial charge in [-0.25, -0.2) is 4.68 Å². The van der Waals surface area contributed by atoms with Crippen LogP contribution in [0.15, 0.2) is 18.5 Å². The monoisotopic (exact) mass is 122 g/mol. The van der Waals surface area contributed by atoms with E-state index in [-0.39, 0.29) is 0 Å². The molecular formula is C5H6N4. The van der Waals surface area contributed by atoms with Crippen LogP contribution in [0.25, 0.3) is 6.20 Å². The SMILES string of the molecule is C1=Cn2nccc2NN1. The Labute approximate surface area is 52.1 Å². The number of fused-ring (bicyclic) bond motifs is 1. The maximum Gasteiger partial charge on any atom is 0.147 e. The fourth-order valence-corrected chi connectivity index (χ4v) is 0.756. The first-order chi connectivity index (χ1) is 4.47. The van der Waals surface area contributed by atoms with Gasteiger partial charge in [0.2, 0.25) is 0 Å². The first-order valence-corrected chi connectivity index (χ1v) is 2.68. The number of hydrogen-bond acceptors (Lipinski definition) is 3. The zero-order valence-corrected chi connectivity index (χ0v) is 4.70. The number of anilines is 1. The van der Waals surface area contributed by atoms with Crippen molar-refractivity contribution >= 4 is 12.0 Å². The second kappa shape index (κ2) is 1.51. The molecule has 9 heavy (non-hydrogen) atoms. The van der Waals surface area contributed by atoms with Gasteiger partial charge >= 0.3 is 0 Å². The number of nitrogens with zero attached hydrogens (tertiary/aromatic N) is 2. The van der Waals surface area contributed by atoms with E-state index >= 15 is 0 Å². The van der Waals surface area contributed by atoms with E-state index in [1.807, 2.05) is 12.3 Å². The van der Waals surface area contributed by atoms with Crippen LogP contribution in [0.4, 0.5) is 5.82 Å². The van der Waals surface area contributed by atoms with Gasteiger partial charge in [-0.05, 0) is 0 Å². The van der Waals surface area contributed by atoms with Crippen LogP contribution in [0.3, 0.4) is 0 Å². The van der Waals surface area contributed by atoms with E-state index in [0.29, 0.717) is 0 Å². The number of nitrogens with one attached hydrogen (secondary N) is 2. The molecule has 2 rings (SSSR count). The minimum Gasteiger partial charge on any atom is -0.305 e. The summed E-state index contributed by atoms with van der Waals surface area (Å²) < 4.78 is 1.75. The number of aromatic nitrogens is 2. The quantitative estimate of drug-likeness (QED) is 0.518. The van der Waals surface area contributed by atoms with Crippen LogP contribution < -0.4 is 10.9 Å². The lowest BCUT2D eigenvalue weighted by molar-refractivity contribution is 0.872. The van der Waals surface area contributed by atoms with Crippen molar-refractivity contribution in [3.05, 3.63) is 18.5 Å². The lowest BCUT2D eigenvalue weighted by atomic mass is 10.6. The molecule has 4 nitrogen and oxygen atoms in total. The summed E-state index contributed by atoms with van der Waals surface area (Å²) in [6.45, 7) is 0. The van der Waals surface area contributed by atoms with Gasteiger partial charge in [0.1, 0.15) is 5.82 Å². The Morgan fingerprint density at radius 1 is 1.56 bits per heavy atom. The van der Waals surface area contributed by atoms with Gasteiger partial charge in [0.05, 0.1) is 6.20 Å². The summed E-state index contributed by atoms with van der Waals surface area (Å²) in [6.07, 6.45) is 5.35. The predicted molar refractivity (Wildman–Crippen MR) is 34.3 cm³/mol. The van der Waals surface area contributed by atoms with Gasteiger partial charge in [0.25, 0.3) is 0 Å². The van der Waals surface area contributed by atoms with Gasteiger partial charge in [-0.2, -0.15) is 5.10 Å². The molecule has 0 spiro atoms. The number of hydrazine groups is 1. The topological polar surface area (TPSA) is 41.9 Å². The van der Waals surface area contributed by atoms with E-state index in [1.165, 1.54) is 0 Å². The Kier molecular flexibility index (Phi) is 0.745. The van der Waals surface area contributed by atoms with Gasteiger partial charge in [0.15, 0.2) is 0 Å². The van der Waals surface area contributed by atoms with Crippen molar-refractivity contribution in [3.63, 3.8) is 0 Å². The first-order valence-electron chi connectivity index (χ1n) is 2.68. The van der Waals surface area contributed by atoms with E-state index in [4.69, 9.17) is 0 Å². The van der Waals surface area contributed by atoms with Crippen molar-refractivity contribution in [2.75, 3.05) is 5.43 Å². The van der Waals surface area contributed by atoms with Crippen LogP contribution in [0.5, 0.6) is 0 Å². The molecule has 46 valence electrons. The number of hydrogen-bond donors (Lipinski definition) is 2. The summed E-state index contributed by atoms with van der Waals surface area (Å²) in [4.78, 5) is 0. The molecule has 0 radical (unpaired) electrons. The fraction of sp³-hybridized carbons (Fsp3) is 0. The highest BCUT2D eigenvalue weighted by Crippen LogP contribution is 2.06. The molecule has 0 atom stereocenters. The Morgan fingerprint density at radius 3 is 3.44 bits per heavy atom.